The highest BCUT2D eigenvalue weighted by atomic mass is 31.2. The molecule has 0 aliphatic rings. The van der Waals surface area contributed by atoms with Gasteiger partial charge in [0.25, 0.3) is 0 Å². The Hall–Kier alpha value is -0.340. The first-order valence-electron chi connectivity index (χ1n) is 8.50. The molecule has 1 atom stereocenters. The van der Waals surface area contributed by atoms with E-state index in [0.29, 0.717) is 12.6 Å². The average Bonchev–Trinajstić information content (AvgIpc) is 2.48. The second-order valence-corrected chi connectivity index (χ2v) is 7.87. The summed E-state index contributed by atoms with van der Waals surface area (Å²) in [6.45, 7) is 2.25. The van der Waals surface area contributed by atoms with Crippen LogP contribution in [0.15, 0.2) is 0 Å². The number of rotatable bonds is 16. The molecule has 5 heteroatoms. The van der Waals surface area contributed by atoms with E-state index in [9.17, 15) is 4.57 Å². The van der Waals surface area contributed by atoms with Gasteiger partial charge in [0, 0.05) is 7.11 Å². The summed E-state index contributed by atoms with van der Waals surface area (Å²) in [4.78, 5) is 0. The zero-order chi connectivity index (χ0) is 15.8. The first-order valence-corrected chi connectivity index (χ1v) is 10.2. The van der Waals surface area contributed by atoms with Crippen LogP contribution in [-0.2, 0) is 13.6 Å². The van der Waals surface area contributed by atoms with Crippen LogP contribution in [0.5, 0.6) is 0 Å². The summed E-state index contributed by atoms with van der Waals surface area (Å²) in [5.74, 6) is 0. The van der Waals surface area contributed by atoms with Crippen LogP contribution in [0, 0.1) is 5.41 Å². The van der Waals surface area contributed by atoms with E-state index >= 15 is 0 Å². The number of nitrogens with one attached hydrogen (secondary N) is 1. The topological polar surface area (TPSA) is 59.4 Å². The summed E-state index contributed by atoms with van der Waals surface area (Å²) in [5.41, 5.74) is 0. The van der Waals surface area contributed by atoms with E-state index < -0.39 is 7.60 Å². The molecule has 21 heavy (non-hydrogen) atoms. The Kier molecular flexibility index (Phi) is 14.4. The van der Waals surface area contributed by atoms with Crippen LogP contribution in [0.1, 0.15) is 84.0 Å². The van der Waals surface area contributed by atoms with Gasteiger partial charge in [-0.2, -0.15) is 0 Å². The molecule has 126 valence electrons. The normalized spacial score (nSPS) is 13.8. The lowest BCUT2D eigenvalue weighted by Gasteiger charge is -2.13. The summed E-state index contributed by atoms with van der Waals surface area (Å²) in [6, 6.07) is 0. The maximum Gasteiger partial charge on any atom is 0.379 e. The SMILES string of the molecule is CCCCCCCCCCCCCCP(=O)(OC)OC=N. The molecular formula is C16H34NO3P. The van der Waals surface area contributed by atoms with Gasteiger partial charge >= 0.3 is 7.60 Å². The van der Waals surface area contributed by atoms with Crippen LogP contribution in [-0.4, -0.2) is 19.7 Å². The monoisotopic (exact) mass is 319 g/mol. The first kappa shape index (κ1) is 20.7. The van der Waals surface area contributed by atoms with Crippen molar-refractivity contribution in [3.63, 3.8) is 0 Å². The van der Waals surface area contributed by atoms with Gasteiger partial charge in [0.15, 0.2) is 6.40 Å². The Morgan fingerprint density at radius 3 is 1.67 bits per heavy atom. The van der Waals surface area contributed by atoms with Gasteiger partial charge in [0.1, 0.15) is 0 Å². The Morgan fingerprint density at radius 2 is 1.29 bits per heavy atom. The lowest BCUT2D eigenvalue weighted by molar-refractivity contribution is 0.320. The number of hydrogen-bond acceptors (Lipinski definition) is 4. The van der Waals surface area contributed by atoms with Gasteiger partial charge < -0.3 is 9.05 Å². The van der Waals surface area contributed by atoms with Crippen LogP contribution in [0.2, 0.25) is 0 Å². The van der Waals surface area contributed by atoms with E-state index in [4.69, 9.17) is 14.5 Å². The van der Waals surface area contributed by atoms with Crippen LogP contribution in [0.3, 0.4) is 0 Å². The van der Waals surface area contributed by atoms with E-state index in [2.05, 4.69) is 6.92 Å². The minimum Gasteiger partial charge on any atom is -0.414 e. The van der Waals surface area contributed by atoms with Crippen molar-refractivity contribution in [1.29, 1.82) is 5.41 Å². The van der Waals surface area contributed by atoms with Gasteiger partial charge in [-0.05, 0) is 6.42 Å². The molecule has 0 fully saturated rings. The van der Waals surface area contributed by atoms with Crippen molar-refractivity contribution < 1.29 is 13.6 Å². The Labute approximate surface area is 131 Å². The molecule has 0 aliphatic carbocycles. The maximum absolute atomic E-state index is 11.9. The van der Waals surface area contributed by atoms with Gasteiger partial charge in [0.2, 0.25) is 0 Å². The fourth-order valence-electron chi connectivity index (χ4n) is 2.41. The minimum absolute atomic E-state index is 0.413. The molecule has 1 unspecified atom stereocenters. The second kappa shape index (κ2) is 14.6. The van der Waals surface area contributed by atoms with Crippen molar-refractivity contribution in [1.82, 2.24) is 0 Å². The smallest absolute Gasteiger partial charge is 0.379 e. The largest absolute Gasteiger partial charge is 0.414 e. The van der Waals surface area contributed by atoms with E-state index in [1.807, 2.05) is 0 Å². The molecule has 0 aliphatic heterocycles. The van der Waals surface area contributed by atoms with E-state index in [0.717, 1.165) is 12.8 Å². The molecule has 0 spiro atoms. The lowest BCUT2D eigenvalue weighted by atomic mass is 10.1. The molecule has 0 radical (unpaired) electrons. The van der Waals surface area contributed by atoms with Crippen molar-refractivity contribution in [2.45, 2.75) is 84.0 Å². The van der Waals surface area contributed by atoms with E-state index in [1.54, 1.807) is 0 Å². The zero-order valence-electron chi connectivity index (χ0n) is 13.9. The molecule has 0 heterocycles. The highest BCUT2D eigenvalue weighted by Gasteiger charge is 2.21. The summed E-state index contributed by atoms with van der Waals surface area (Å²) >= 11 is 0. The van der Waals surface area contributed by atoms with Crippen molar-refractivity contribution in [3.8, 4) is 0 Å². The lowest BCUT2D eigenvalue weighted by Crippen LogP contribution is -1.96. The highest BCUT2D eigenvalue weighted by Crippen LogP contribution is 2.47. The minimum atomic E-state index is -3.02. The van der Waals surface area contributed by atoms with Crippen molar-refractivity contribution in [2.24, 2.45) is 0 Å². The first-order chi connectivity index (χ1) is 10.2. The van der Waals surface area contributed by atoms with Crippen molar-refractivity contribution >= 4 is 14.0 Å². The fraction of sp³-hybridized carbons (Fsp3) is 0.938. The molecule has 0 saturated heterocycles. The standard InChI is InChI=1S/C16H34NO3P/c1-3-4-5-6-7-8-9-10-11-12-13-14-15-21(18,19-2)20-16-17/h16-17H,3-15H2,1-2H3. The quantitative estimate of drug-likeness (QED) is 0.161. The molecular weight excluding hydrogens is 285 g/mol. The third kappa shape index (κ3) is 13.1. The zero-order valence-corrected chi connectivity index (χ0v) is 14.8. The second-order valence-electron chi connectivity index (χ2n) is 5.63. The van der Waals surface area contributed by atoms with Gasteiger partial charge in [-0.3, -0.25) is 5.41 Å². The third-order valence-electron chi connectivity index (χ3n) is 3.78. The van der Waals surface area contributed by atoms with Gasteiger partial charge in [-0.15, -0.1) is 0 Å². The summed E-state index contributed by atoms with van der Waals surface area (Å²) < 4.78 is 21.5. The van der Waals surface area contributed by atoms with Gasteiger partial charge in [-0.25, -0.2) is 4.57 Å². The van der Waals surface area contributed by atoms with E-state index in [1.165, 1.54) is 71.3 Å². The molecule has 0 aromatic carbocycles. The number of hydrogen-bond donors (Lipinski definition) is 1. The Balaban J connectivity index is 3.29. The van der Waals surface area contributed by atoms with Crippen LogP contribution >= 0.6 is 7.60 Å². The molecule has 1 N–H and O–H groups in total. The predicted molar refractivity (Wildman–Crippen MR) is 90.4 cm³/mol. The highest BCUT2D eigenvalue weighted by molar-refractivity contribution is 7.54. The molecule has 0 aromatic heterocycles. The van der Waals surface area contributed by atoms with E-state index in [-0.39, 0.29) is 0 Å². The molecule has 4 nitrogen and oxygen atoms in total. The number of unbranched alkanes of at least 4 members (excludes halogenated alkanes) is 11. The molecule has 0 saturated carbocycles. The third-order valence-corrected chi connectivity index (χ3v) is 5.62. The maximum atomic E-state index is 11.9. The summed E-state index contributed by atoms with van der Waals surface area (Å²) in [5, 5.41) is 6.83. The fourth-order valence-corrected chi connectivity index (χ4v) is 3.56. The van der Waals surface area contributed by atoms with Gasteiger partial charge in [0.05, 0.1) is 6.16 Å². The average molecular weight is 319 g/mol. The van der Waals surface area contributed by atoms with Crippen LogP contribution < -0.4 is 0 Å². The predicted octanol–water partition coefficient (Wildman–Crippen LogP) is 6.15. The summed E-state index contributed by atoms with van der Waals surface area (Å²) in [7, 11) is -1.64. The summed E-state index contributed by atoms with van der Waals surface area (Å²) in [6.07, 6.45) is 16.4. The van der Waals surface area contributed by atoms with Crippen molar-refractivity contribution in [2.75, 3.05) is 13.3 Å². The van der Waals surface area contributed by atoms with Crippen LogP contribution in [0.25, 0.3) is 0 Å². The van der Waals surface area contributed by atoms with Crippen molar-refractivity contribution in [3.05, 3.63) is 0 Å². The molecule has 0 amide bonds. The molecule has 0 rings (SSSR count). The molecule has 0 bridgehead atoms. The Bertz CT molecular complexity index is 285. The van der Waals surface area contributed by atoms with Crippen LogP contribution in [0.4, 0.5) is 0 Å². The molecule has 0 aromatic rings. The Morgan fingerprint density at radius 1 is 0.857 bits per heavy atom. The van der Waals surface area contributed by atoms with Gasteiger partial charge in [-0.1, -0.05) is 77.6 Å².